The minimum Gasteiger partial charge on any atom is -0.322 e. The van der Waals surface area contributed by atoms with E-state index in [1.807, 2.05) is 0 Å². The molecule has 0 saturated heterocycles. The monoisotopic (exact) mass is 398 g/mol. The highest BCUT2D eigenvalue weighted by Crippen LogP contribution is 2.21. The maximum absolute atomic E-state index is 13.9. The molecule has 1 amide bonds. The molecule has 1 heterocycles. The molecule has 0 atom stereocenters. The van der Waals surface area contributed by atoms with Crippen molar-refractivity contribution < 1.29 is 14.1 Å². The van der Waals surface area contributed by atoms with Crippen molar-refractivity contribution in [1.29, 1.82) is 0 Å². The Bertz CT molecular complexity index is 1230. The molecule has 29 heavy (non-hydrogen) atoms. The van der Waals surface area contributed by atoms with Gasteiger partial charge in [0.25, 0.3) is 17.2 Å². The number of hydrogen-bond acceptors (Lipinski definition) is 5. The van der Waals surface area contributed by atoms with Crippen LogP contribution in [0.3, 0.4) is 0 Å². The normalized spacial score (nSPS) is 10.6. The first kappa shape index (κ1) is 19.7. The Balaban J connectivity index is 1.93. The predicted molar refractivity (Wildman–Crippen MR) is 103 cm³/mol. The van der Waals surface area contributed by atoms with Gasteiger partial charge in [0, 0.05) is 29.6 Å². The number of rotatable bonds is 5. The fraction of sp³-hybridized carbons (Fsp3) is 0.105. The molecule has 2 N–H and O–H groups in total. The zero-order chi connectivity index (χ0) is 21.1. The number of halogens is 1. The summed E-state index contributed by atoms with van der Waals surface area (Å²) in [5.41, 5.74) is -1.38. The van der Waals surface area contributed by atoms with E-state index in [4.69, 9.17) is 0 Å². The second-order valence-electron chi connectivity index (χ2n) is 6.20. The van der Waals surface area contributed by atoms with E-state index in [0.29, 0.717) is 5.56 Å². The Labute approximate surface area is 162 Å². The quantitative estimate of drug-likeness (QED) is 0.503. The van der Waals surface area contributed by atoms with Crippen LogP contribution in [0.4, 0.5) is 15.8 Å². The molecule has 0 aliphatic rings. The number of nitrogens with one attached hydrogen (secondary N) is 2. The van der Waals surface area contributed by atoms with Crippen molar-refractivity contribution in [3.8, 4) is 0 Å². The molecule has 3 aromatic rings. The van der Waals surface area contributed by atoms with Crippen LogP contribution in [0.25, 0.3) is 0 Å². The first-order valence-electron chi connectivity index (χ1n) is 8.40. The summed E-state index contributed by atoms with van der Waals surface area (Å²) in [4.78, 5) is 49.7. The fourth-order valence-electron chi connectivity index (χ4n) is 2.71. The molecule has 148 valence electrons. The van der Waals surface area contributed by atoms with Gasteiger partial charge in [-0.1, -0.05) is 18.2 Å². The van der Waals surface area contributed by atoms with E-state index < -0.39 is 27.9 Å². The Kier molecular flexibility index (Phi) is 5.35. The number of carbonyl (C=O) groups is 1. The summed E-state index contributed by atoms with van der Waals surface area (Å²) in [6, 6.07) is 9.49. The van der Waals surface area contributed by atoms with Gasteiger partial charge in [-0.15, -0.1) is 0 Å². The molecule has 10 heteroatoms. The number of nitro benzene ring substituents is 1. The molecule has 1 aromatic heterocycles. The number of carbonyl (C=O) groups excluding carboxylic acids is 1. The lowest BCUT2D eigenvalue weighted by atomic mass is 10.1. The summed E-state index contributed by atoms with van der Waals surface area (Å²) < 4.78 is 14.6. The average Bonchev–Trinajstić information content (AvgIpc) is 2.67. The van der Waals surface area contributed by atoms with Crippen LogP contribution in [-0.4, -0.2) is 20.4 Å². The van der Waals surface area contributed by atoms with Crippen LogP contribution in [0, 0.1) is 22.9 Å². The summed E-state index contributed by atoms with van der Waals surface area (Å²) in [6.45, 7) is 1.21. The Hall–Kier alpha value is -4.08. The number of nitrogens with zero attached hydrogens (tertiary/aromatic N) is 2. The van der Waals surface area contributed by atoms with E-state index in [-0.39, 0.29) is 29.0 Å². The van der Waals surface area contributed by atoms with E-state index in [2.05, 4.69) is 10.3 Å². The molecule has 0 aliphatic carbocycles. The molecule has 0 saturated carbocycles. The van der Waals surface area contributed by atoms with Gasteiger partial charge in [0.05, 0.1) is 11.5 Å². The van der Waals surface area contributed by atoms with E-state index in [0.717, 1.165) is 10.8 Å². The van der Waals surface area contributed by atoms with Crippen molar-refractivity contribution in [3.05, 3.63) is 102 Å². The Morgan fingerprint density at radius 2 is 1.97 bits per heavy atom. The van der Waals surface area contributed by atoms with Crippen LogP contribution in [0.1, 0.15) is 21.5 Å². The smallest absolute Gasteiger partial charge is 0.322 e. The molecule has 9 nitrogen and oxygen atoms in total. The van der Waals surface area contributed by atoms with Gasteiger partial charge >= 0.3 is 5.69 Å². The summed E-state index contributed by atoms with van der Waals surface area (Å²) in [6.07, 6.45) is 0.971. The van der Waals surface area contributed by atoms with Gasteiger partial charge in [-0.05, 0) is 24.6 Å². The third-order valence-corrected chi connectivity index (χ3v) is 4.26. The highest BCUT2D eigenvalue weighted by molar-refractivity contribution is 6.04. The van der Waals surface area contributed by atoms with Crippen LogP contribution in [0.15, 0.2) is 58.3 Å². The van der Waals surface area contributed by atoms with Crippen LogP contribution < -0.4 is 16.6 Å². The number of amides is 1. The van der Waals surface area contributed by atoms with Crippen molar-refractivity contribution in [2.45, 2.75) is 13.5 Å². The molecule has 0 bridgehead atoms. The SMILES string of the molecule is Cc1cc([N+](=O)[O-])ccc1NC(=O)c1c[nH]c(=O)n(Cc2ccccc2F)c1=O. The molecule has 0 spiro atoms. The van der Waals surface area contributed by atoms with Crippen LogP contribution in [-0.2, 0) is 6.54 Å². The number of benzene rings is 2. The van der Waals surface area contributed by atoms with Gasteiger partial charge in [0.1, 0.15) is 11.4 Å². The summed E-state index contributed by atoms with van der Waals surface area (Å²) in [7, 11) is 0. The Morgan fingerprint density at radius 3 is 2.62 bits per heavy atom. The van der Waals surface area contributed by atoms with Gasteiger partial charge < -0.3 is 10.3 Å². The van der Waals surface area contributed by atoms with Crippen molar-refractivity contribution >= 4 is 17.3 Å². The molecular weight excluding hydrogens is 383 g/mol. The van der Waals surface area contributed by atoms with Crippen molar-refractivity contribution in [1.82, 2.24) is 9.55 Å². The lowest BCUT2D eigenvalue weighted by Gasteiger charge is -2.10. The number of anilines is 1. The minimum atomic E-state index is -0.894. The lowest BCUT2D eigenvalue weighted by molar-refractivity contribution is -0.384. The third kappa shape index (κ3) is 4.10. The van der Waals surface area contributed by atoms with Gasteiger partial charge in [-0.3, -0.25) is 24.3 Å². The number of aryl methyl sites for hydroxylation is 1. The van der Waals surface area contributed by atoms with Crippen molar-refractivity contribution in [2.75, 3.05) is 5.32 Å². The van der Waals surface area contributed by atoms with Crippen molar-refractivity contribution in [2.24, 2.45) is 0 Å². The first-order chi connectivity index (χ1) is 13.8. The van der Waals surface area contributed by atoms with E-state index >= 15 is 0 Å². The summed E-state index contributed by atoms with van der Waals surface area (Å²) in [5.74, 6) is -1.40. The predicted octanol–water partition coefficient (Wildman–Crippen LogP) is 2.19. The van der Waals surface area contributed by atoms with Crippen LogP contribution >= 0.6 is 0 Å². The number of hydrogen-bond donors (Lipinski definition) is 2. The second-order valence-corrected chi connectivity index (χ2v) is 6.20. The van der Waals surface area contributed by atoms with Gasteiger partial charge in [-0.2, -0.15) is 0 Å². The number of aromatic nitrogens is 2. The van der Waals surface area contributed by atoms with E-state index in [9.17, 15) is 28.9 Å². The van der Waals surface area contributed by atoms with Gasteiger partial charge in [-0.25, -0.2) is 9.18 Å². The Morgan fingerprint density at radius 1 is 1.24 bits per heavy atom. The zero-order valence-corrected chi connectivity index (χ0v) is 15.1. The first-order valence-corrected chi connectivity index (χ1v) is 8.40. The molecule has 0 aliphatic heterocycles. The molecule has 3 rings (SSSR count). The molecule has 0 fully saturated rings. The number of non-ortho nitro benzene ring substituents is 1. The van der Waals surface area contributed by atoms with E-state index in [1.165, 1.54) is 36.4 Å². The summed E-state index contributed by atoms with van der Waals surface area (Å²) >= 11 is 0. The lowest BCUT2D eigenvalue weighted by Crippen LogP contribution is -2.39. The van der Waals surface area contributed by atoms with Crippen LogP contribution in [0.5, 0.6) is 0 Å². The maximum Gasteiger partial charge on any atom is 0.328 e. The maximum atomic E-state index is 13.9. The average molecular weight is 398 g/mol. The van der Waals surface area contributed by atoms with Crippen molar-refractivity contribution in [3.63, 3.8) is 0 Å². The van der Waals surface area contributed by atoms with Gasteiger partial charge in [0.15, 0.2) is 0 Å². The molecule has 0 unspecified atom stereocenters. The van der Waals surface area contributed by atoms with E-state index in [1.54, 1.807) is 13.0 Å². The summed E-state index contributed by atoms with van der Waals surface area (Å²) in [5, 5.41) is 13.3. The topological polar surface area (TPSA) is 127 Å². The van der Waals surface area contributed by atoms with Gasteiger partial charge in [0.2, 0.25) is 0 Å². The standard InChI is InChI=1S/C19H15FN4O5/c1-11-8-13(24(28)29)6-7-16(11)22-17(25)14-9-21-19(27)23(18(14)26)10-12-4-2-3-5-15(12)20/h2-9H,10H2,1H3,(H,21,27)(H,22,25). The minimum absolute atomic E-state index is 0.115. The zero-order valence-electron chi connectivity index (χ0n) is 15.1. The molecule has 0 radical (unpaired) electrons. The molecule has 2 aromatic carbocycles. The van der Waals surface area contributed by atoms with Crippen LogP contribution in [0.2, 0.25) is 0 Å². The number of aromatic amines is 1. The highest BCUT2D eigenvalue weighted by atomic mass is 19.1. The largest absolute Gasteiger partial charge is 0.328 e. The second kappa shape index (κ2) is 7.89. The molecular formula is C19H15FN4O5. The highest BCUT2D eigenvalue weighted by Gasteiger charge is 2.17. The fourth-order valence-corrected chi connectivity index (χ4v) is 2.71. The third-order valence-electron chi connectivity index (χ3n) is 4.26. The number of nitro groups is 1. The number of H-pyrrole nitrogens is 1.